The summed E-state index contributed by atoms with van der Waals surface area (Å²) in [5, 5.41) is 8.64. The molecule has 0 heterocycles. The zero-order chi connectivity index (χ0) is 8.97. The lowest BCUT2D eigenvalue weighted by atomic mass is 10.1. The van der Waals surface area contributed by atoms with E-state index in [1.165, 1.54) is 12.1 Å². The van der Waals surface area contributed by atoms with E-state index >= 15 is 0 Å². The van der Waals surface area contributed by atoms with Gasteiger partial charge in [-0.2, -0.15) is 5.26 Å². The lowest BCUT2D eigenvalue weighted by Crippen LogP contribution is -1.80. The number of hydrogen-bond donors (Lipinski definition) is 0. The summed E-state index contributed by atoms with van der Waals surface area (Å²) in [7, 11) is 0. The first kappa shape index (κ1) is 8.48. The minimum absolute atomic E-state index is 0.285. The molecular weight excluding hydrogens is 153 g/mol. The minimum atomic E-state index is -0.285. The fourth-order valence-electron chi connectivity index (χ4n) is 0.925. The molecule has 0 aromatic heterocycles. The summed E-state index contributed by atoms with van der Waals surface area (Å²) >= 11 is 0. The molecule has 0 saturated carbocycles. The van der Waals surface area contributed by atoms with Crippen LogP contribution < -0.4 is 0 Å². The second kappa shape index (κ2) is 3.68. The molecule has 1 aromatic carbocycles. The van der Waals surface area contributed by atoms with E-state index in [1.54, 1.807) is 25.1 Å². The molecule has 0 radical (unpaired) electrons. The number of hydrogen-bond acceptors (Lipinski definition) is 1. The fourth-order valence-corrected chi connectivity index (χ4v) is 0.925. The normalized spacial score (nSPS) is 10.9. The molecular formula is C10H8FN. The molecule has 0 aliphatic heterocycles. The molecule has 1 nitrogen and oxygen atoms in total. The van der Waals surface area contributed by atoms with Gasteiger partial charge in [-0.05, 0) is 24.6 Å². The van der Waals surface area contributed by atoms with E-state index in [4.69, 9.17) is 5.26 Å². The molecule has 12 heavy (non-hydrogen) atoms. The second-order valence-corrected chi connectivity index (χ2v) is 2.32. The third-order valence-electron chi connectivity index (χ3n) is 1.56. The van der Waals surface area contributed by atoms with E-state index in [1.807, 2.05) is 6.07 Å². The number of halogens is 1. The van der Waals surface area contributed by atoms with E-state index in [2.05, 4.69) is 0 Å². The van der Waals surface area contributed by atoms with Crippen molar-refractivity contribution in [3.05, 3.63) is 41.7 Å². The summed E-state index contributed by atoms with van der Waals surface area (Å²) in [5.41, 5.74) is 1.32. The highest BCUT2D eigenvalue weighted by Crippen LogP contribution is 2.13. The highest BCUT2D eigenvalue weighted by Gasteiger charge is 1.97. The van der Waals surface area contributed by atoms with Crippen LogP contribution in [0, 0.1) is 17.1 Å². The van der Waals surface area contributed by atoms with Gasteiger partial charge in [0.15, 0.2) is 0 Å². The maximum atomic E-state index is 12.5. The van der Waals surface area contributed by atoms with Crippen LogP contribution in [0.5, 0.6) is 0 Å². The SMILES string of the molecule is CC=C(C#N)c1ccc(F)cc1. The zero-order valence-electron chi connectivity index (χ0n) is 6.71. The lowest BCUT2D eigenvalue weighted by molar-refractivity contribution is 0.627. The van der Waals surface area contributed by atoms with Crippen LogP contribution >= 0.6 is 0 Å². The predicted octanol–water partition coefficient (Wildman–Crippen LogP) is 2.75. The van der Waals surface area contributed by atoms with E-state index in [0.29, 0.717) is 5.57 Å². The van der Waals surface area contributed by atoms with Gasteiger partial charge in [0.05, 0.1) is 11.6 Å². The van der Waals surface area contributed by atoms with Gasteiger partial charge in [0.1, 0.15) is 5.82 Å². The fraction of sp³-hybridized carbons (Fsp3) is 0.100. The van der Waals surface area contributed by atoms with E-state index in [9.17, 15) is 4.39 Å². The molecule has 0 fully saturated rings. The first-order valence-electron chi connectivity index (χ1n) is 3.60. The third-order valence-corrected chi connectivity index (χ3v) is 1.56. The Balaban J connectivity index is 3.06. The first-order valence-corrected chi connectivity index (χ1v) is 3.60. The monoisotopic (exact) mass is 161 g/mol. The number of nitrogens with zero attached hydrogens (tertiary/aromatic N) is 1. The lowest BCUT2D eigenvalue weighted by Gasteiger charge is -1.96. The van der Waals surface area contributed by atoms with Crippen LogP contribution in [0.15, 0.2) is 30.3 Å². The van der Waals surface area contributed by atoms with Crippen molar-refractivity contribution in [2.24, 2.45) is 0 Å². The predicted molar refractivity (Wildman–Crippen MR) is 45.7 cm³/mol. The molecule has 1 aromatic rings. The quantitative estimate of drug-likeness (QED) is 0.581. The van der Waals surface area contributed by atoms with Crippen molar-refractivity contribution in [3.63, 3.8) is 0 Å². The average Bonchev–Trinajstić information content (AvgIpc) is 2.10. The molecule has 0 saturated heterocycles. The summed E-state index contributed by atoms with van der Waals surface area (Å²) in [6.07, 6.45) is 1.70. The van der Waals surface area contributed by atoms with Crippen LogP contribution in [0.25, 0.3) is 5.57 Å². The van der Waals surface area contributed by atoms with Crippen molar-refractivity contribution in [2.45, 2.75) is 6.92 Å². The van der Waals surface area contributed by atoms with Crippen molar-refractivity contribution in [3.8, 4) is 6.07 Å². The summed E-state index contributed by atoms with van der Waals surface area (Å²) in [6, 6.07) is 7.90. The Kier molecular flexibility index (Phi) is 2.60. The number of rotatable bonds is 1. The summed E-state index contributed by atoms with van der Waals surface area (Å²) < 4.78 is 12.5. The van der Waals surface area contributed by atoms with Crippen molar-refractivity contribution in [2.75, 3.05) is 0 Å². The molecule has 0 aliphatic carbocycles. The van der Waals surface area contributed by atoms with Crippen molar-refractivity contribution in [1.29, 1.82) is 5.26 Å². The Morgan fingerprint density at radius 2 is 2.00 bits per heavy atom. The average molecular weight is 161 g/mol. The van der Waals surface area contributed by atoms with Gasteiger partial charge >= 0.3 is 0 Å². The number of benzene rings is 1. The van der Waals surface area contributed by atoms with Gasteiger partial charge < -0.3 is 0 Å². The molecule has 0 unspecified atom stereocenters. The van der Waals surface area contributed by atoms with Gasteiger partial charge in [0, 0.05) is 0 Å². The highest BCUT2D eigenvalue weighted by atomic mass is 19.1. The summed E-state index contributed by atoms with van der Waals surface area (Å²) in [6.45, 7) is 1.78. The van der Waals surface area contributed by atoms with Gasteiger partial charge in [0.2, 0.25) is 0 Å². The van der Waals surface area contributed by atoms with Gasteiger partial charge in [-0.15, -0.1) is 0 Å². The van der Waals surface area contributed by atoms with Crippen molar-refractivity contribution >= 4 is 5.57 Å². The summed E-state index contributed by atoms with van der Waals surface area (Å²) in [4.78, 5) is 0. The molecule has 0 spiro atoms. The Morgan fingerprint density at radius 1 is 1.42 bits per heavy atom. The van der Waals surface area contributed by atoms with Crippen LogP contribution in [-0.2, 0) is 0 Å². The minimum Gasteiger partial charge on any atom is -0.207 e. The maximum Gasteiger partial charge on any atom is 0.123 e. The topological polar surface area (TPSA) is 23.8 Å². The zero-order valence-corrected chi connectivity index (χ0v) is 6.71. The van der Waals surface area contributed by atoms with Crippen LogP contribution in [0.4, 0.5) is 4.39 Å². The Morgan fingerprint density at radius 3 is 2.42 bits per heavy atom. The molecule has 0 amide bonds. The highest BCUT2D eigenvalue weighted by molar-refractivity contribution is 5.76. The Labute approximate surface area is 70.8 Å². The first-order chi connectivity index (χ1) is 5.77. The molecule has 0 bridgehead atoms. The number of nitriles is 1. The van der Waals surface area contributed by atoms with Crippen molar-refractivity contribution in [1.82, 2.24) is 0 Å². The molecule has 0 aliphatic rings. The number of allylic oxidation sites excluding steroid dienone is 2. The van der Waals surface area contributed by atoms with Gasteiger partial charge in [-0.3, -0.25) is 0 Å². The van der Waals surface area contributed by atoms with Crippen LogP contribution in [0.3, 0.4) is 0 Å². The third kappa shape index (κ3) is 1.70. The summed E-state index contributed by atoms with van der Waals surface area (Å²) in [5.74, 6) is -0.285. The molecule has 2 heteroatoms. The smallest absolute Gasteiger partial charge is 0.123 e. The van der Waals surface area contributed by atoms with Crippen molar-refractivity contribution < 1.29 is 4.39 Å². The van der Waals surface area contributed by atoms with Gasteiger partial charge in [-0.1, -0.05) is 18.2 Å². The van der Waals surface area contributed by atoms with Crippen LogP contribution in [0.2, 0.25) is 0 Å². The molecule has 60 valence electrons. The molecule has 0 atom stereocenters. The maximum absolute atomic E-state index is 12.5. The Bertz CT molecular complexity index is 330. The standard InChI is InChI=1S/C10H8FN/c1-2-8(7-12)9-3-5-10(11)6-4-9/h2-6H,1H3. The molecule has 0 N–H and O–H groups in total. The second-order valence-electron chi connectivity index (χ2n) is 2.32. The van der Waals surface area contributed by atoms with E-state index in [0.717, 1.165) is 5.56 Å². The van der Waals surface area contributed by atoms with Gasteiger partial charge in [0.25, 0.3) is 0 Å². The Hall–Kier alpha value is -1.62. The van der Waals surface area contributed by atoms with E-state index < -0.39 is 0 Å². The van der Waals surface area contributed by atoms with Crippen LogP contribution in [0.1, 0.15) is 12.5 Å². The molecule has 1 rings (SSSR count). The van der Waals surface area contributed by atoms with Crippen LogP contribution in [-0.4, -0.2) is 0 Å². The van der Waals surface area contributed by atoms with Gasteiger partial charge in [-0.25, -0.2) is 4.39 Å². The van der Waals surface area contributed by atoms with E-state index in [-0.39, 0.29) is 5.82 Å². The largest absolute Gasteiger partial charge is 0.207 e.